The summed E-state index contributed by atoms with van der Waals surface area (Å²) in [5, 5.41) is 3.16. The predicted octanol–water partition coefficient (Wildman–Crippen LogP) is 2.98. The number of piperazine rings is 1. The van der Waals surface area contributed by atoms with Crippen LogP contribution in [0.25, 0.3) is 0 Å². The Hall–Kier alpha value is -1.35. The van der Waals surface area contributed by atoms with E-state index in [1.54, 1.807) is 0 Å². The average Bonchev–Trinajstić information content (AvgIpc) is 3.19. The van der Waals surface area contributed by atoms with Crippen LogP contribution in [0.2, 0.25) is 0 Å². The van der Waals surface area contributed by atoms with Crippen LogP contribution >= 0.6 is 24.0 Å². The van der Waals surface area contributed by atoms with Crippen LogP contribution < -0.4 is 11.1 Å². The Morgan fingerprint density at radius 2 is 1.82 bits per heavy atom. The molecule has 156 valence electrons. The molecule has 1 aliphatic carbocycles. The Kier molecular flexibility index (Phi) is 9.01. The van der Waals surface area contributed by atoms with Gasteiger partial charge in [0.2, 0.25) is 5.91 Å². The molecule has 1 amide bonds. The molecular weight excluding hydrogens is 465 g/mol. The van der Waals surface area contributed by atoms with E-state index in [9.17, 15) is 4.79 Å². The third-order valence-corrected chi connectivity index (χ3v) is 5.87. The van der Waals surface area contributed by atoms with Gasteiger partial charge in [0.25, 0.3) is 0 Å². The number of benzene rings is 1. The molecule has 0 atom stereocenters. The smallest absolute Gasteiger partial charge is 0.225 e. The van der Waals surface area contributed by atoms with Gasteiger partial charge in [-0.15, -0.1) is 24.0 Å². The van der Waals surface area contributed by atoms with Crippen molar-refractivity contribution in [2.24, 2.45) is 16.6 Å². The van der Waals surface area contributed by atoms with Gasteiger partial charge in [-0.25, -0.2) is 0 Å². The molecule has 0 spiro atoms. The molecule has 1 aromatic carbocycles. The highest BCUT2D eigenvalue weighted by Crippen LogP contribution is 2.26. The summed E-state index contributed by atoms with van der Waals surface area (Å²) < 4.78 is 0. The van der Waals surface area contributed by atoms with Crippen molar-refractivity contribution in [2.75, 3.05) is 44.6 Å². The SMILES string of the molecule is Cc1ccc(NC(N)=NCCN2CCN(C(=O)C3CCCC3)CC2)cc1C.I. The second kappa shape index (κ2) is 11.0. The molecule has 6 nitrogen and oxygen atoms in total. The van der Waals surface area contributed by atoms with Gasteiger partial charge >= 0.3 is 0 Å². The third kappa shape index (κ3) is 6.34. The van der Waals surface area contributed by atoms with Crippen molar-refractivity contribution in [3.05, 3.63) is 29.3 Å². The molecule has 28 heavy (non-hydrogen) atoms. The van der Waals surface area contributed by atoms with E-state index in [2.05, 4.69) is 46.1 Å². The predicted molar refractivity (Wildman–Crippen MR) is 126 cm³/mol. The lowest BCUT2D eigenvalue weighted by atomic mass is 10.1. The first-order valence-electron chi connectivity index (χ1n) is 10.2. The summed E-state index contributed by atoms with van der Waals surface area (Å²) in [7, 11) is 0. The first kappa shape index (κ1) is 22.9. The maximum absolute atomic E-state index is 12.5. The molecule has 2 fully saturated rings. The lowest BCUT2D eigenvalue weighted by Gasteiger charge is -2.35. The van der Waals surface area contributed by atoms with E-state index in [4.69, 9.17) is 5.73 Å². The molecule has 0 radical (unpaired) electrons. The quantitative estimate of drug-likeness (QED) is 0.371. The first-order valence-corrected chi connectivity index (χ1v) is 10.2. The number of rotatable bonds is 5. The summed E-state index contributed by atoms with van der Waals surface area (Å²) >= 11 is 0. The molecule has 1 heterocycles. The number of anilines is 1. The van der Waals surface area contributed by atoms with Gasteiger partial charge in [0, 0.05) is 44.3 Å². The molecule has 0 bridgehead atoms. The van der Waals surface area contributed by atoms with Gasteiger partial charge in [-0.1, -0.05) is 18.9 Å². The summed E-state index contributed by atoms with van der Waals surface area (Å²) in [4.78, 5) is 21.4. The minimum absolute atomic E-state index is 0. The van der Waals surface area contributed by atoms with Gasteiger partial charge in [-0.05, 0) is 49.9 Å². The number of aryl methyl sites for hydroxylation is 2. The molecule has 3 N–H and O–H groups in total. The van der Waals surface area contributed by atoms with Crippen LogP contribution in [0.3, 0.4) is 0 Å². The minimum Gasteiger partial charge on any atom is -0.370 e. The Morgan fingerprint density at radius 1 is 1.14 bits per heavy atom. The zero-order valence-electron chi connectivity index (χ0n) is 17.1. The third-order valence-electron chi connectivity index (χ3n) is 5.87. The lowest BCUT2D eigenvalue weighted by Crippen LogP contribution is -2.50. The van der Waals surface area contributed by atoms with Crippen LogP contribution in [0.4, 0.5) is 5.69 Å². The number of amides is 1. The molecule has 2 aliphatic rings. The molecule has 1 saturated carbocycles. The van der Waals surface area contributed by atoms with Crippen LogP contribution in [0.15, 0.2) is 23.2 Å². The molecule has 1 saturated heterocycles. The Labute approximate surface area is 186 Å². The molecule has 1 aromatic rings. The maximum atomic E-state index is 12.5. The Morgan fingerprint density at radius 3 is 2.46 bits per heavy atom. The minimum atomic E-state index is 0. The van der Waals surface area contributed by atoms with Crippen LogP contribution in [-0.4, -0.2) is 60.9 Å². The van der Waals surface area contributed by atoms with Crippen molar-refractivity contribution in [3.8, 4) is 0 Å². The number of nitrogens with two attached hydrogens (primary N) is 1. The molecule has 1 aliphatic heterocycles. The average molecular weight is 499 g/mol. The molecular formula is C21H34IN5O. The second-order valence-corrected chi connectivity index (χ2v) is 7.84. The fraction of sp³-hybridized carbons (Fsp3) is 0.619. The number of carbonyl (C=O) groups excluding carboxylic acids is 1. The summed E-state index contributed by atoms with van der Waals surface area (Å²) in [6.07, 6.45) is 4.60. The van der Waals surface area contributed by atoms with Gasteiger partial charge in [-0.3, -0.25) is 14.7 Å². The summed E-state index contributed by atoms with van der Waals surface area (Å²) in [6, 6.07) is 6.18. The van der Waals surface area contributed by atoms with Crippen molar-refractivity contribution in [2.45, 2.75) is 39.5 Å². The fourth-order valence-corrected chi connectivity index (χ4v) is 3.94. The number of aliphatic imine (C=N–C) groups is 1. The summed E-state index contributed by atoms with van der Waals surface area (Å²) in [5.74, 6) is 1.12. The molecule has 7 heteroatoms. The van der Waals surface area contributed by atoms with E-state index in [1.165, 1.54) is 24.0 Å². The summed E-state index contributed by atoms with van der Waals surface area (Å²) in [6.45, 7) is 9.27. The number of guanidine groups is 1. The van der Waals surface area contributed by atoms with Gasteiger partial charge in [0.05, 0.1) is 6.54 Å². The van der Waals surface area contributed by atoms with Gasteiger partial charge in [0.15, 0.2) is 5.96 Å². The van der Waals surface area contributed by atoms with Crippen molar-refractivity contribution >= 4 is 41.5 Å². The Balaban J connectivity index is 0.00000280. The van der Waals surface area contributed by atoms with E-state index >= 15 is 0 Å². The second-order valence-electron chi connectivity index (χ2n) is 7.84. The van der Waals surface area contributed by atoms with Gasteiger partial charge in [-0.2, -0.15) is 0 Å². The van der Waals surface area contributed by atoms with Crippen molar-refractivity contribution in [1.29, 1.82) is 0 Å². The van der Waals surface area contributed by atoms with Gasteiger partial charge < -0.3 is 16.0 Å². The van der Waals surface area contributed by atoms with E-state index in [1.807, 2.05) is 6.07 Å². The standard InChI is InChI=1S/C21H33N5O.HI/c1-16-7-8-19(15-17(16)2)24-21(22)23-9-10-25-11-13-26(14-12-25)20(27)18-5-3-4-6-18;/h7-8,15,18H,3-6,9-14H2,1-2H3,(H3,22,23,24);1H. The molecule has 0 unspecified atom stereocenters. The topological polar surface area (TPSA) is 74.0 Å². The number of nitrogens with one attached hydrogen (secondary N) is 1. The van der Waals surface area contributed by atoms with E-state index in [0.29, 0.717) is 18.4 Å². The highest BCUT2D eigenvalue weighted by Gasteiger charge is 2.29. The highest BCUT2D eigenvalue weighted by molar-refractivity contribution is 14.0. The van der Waals surface area contributed by atoms with Crippen molar-refractivity contribution in [3.63, 3.8) is 0 Å². The Bertz CT molecular complexity index is 679. The fourth-order valence-electron chi connectivity index (χ4n) is 3.94. The summed E-state index contributed by atoms with van der Waals surface area (Å²) in [5.41, 5.74) is 9.48. The maximum Gasteiger partial charge on any atom is 0.225 e. The number of hydrogen-bond acceptors (Lipinski definition) is 3. The van der Waals surface area contributed by atoms with Gasteiger partial charge in [0.1, 0.15) is 0 Å². The van der Waals surface area contributed by atoms with E-state index in [-0.39, 0.29) is 29.9 Å². The molecule has 0 aromatic heterocycles. The number of halogens is 1. The van der Waals surface area contributed by atoms with E-state index in [0.717, 1.165) is 51.3 Å². The highest BCUT2D eigenvalue weighted by atomic mass is 127. The van der Waals surface area contributed by atoms with Crippen LogP contribution in [-0.2, 0) is 4.79 Å². The lowest BCUT2D eigenvalue weighted by molar-refractivity contribution is -0.137. The van der Waals surface area contributed by atoms with Crippen molar-refractivity contribution < 1.29 is 4.79 Å². The monoisotopic (exact) mass is 499 g/mol. The number of hydrogen-bond donors (Lipinski definition) is 2. The van der Waals surface area contributed by atoms with Crippen LogP contribution in [0.1, 0.15) is 36.8 Å². The molecule has 3 rings (SSSR count). The van der Waals surface area contributed by atoms with Crippen LogP contribution in [0.5, 0.6) is 0 Å². The first-order chi connectivity index (χ1) is 13.0. The zero-order chi connectivity index (χ0) is 19.2. The van der Waals surface area contributed by atoms with Crippen molar-refractivity contribution in [1.82, 2.24) is 9.80 Å². The number of nitrogens with zero attached hydrogens (tertiary/aromatic N) is 3. The largest absolute Gasteiger partial charge is 0.370 e. The zero-order valence-corrected chi connectivity index (χ0v) is 19.4. The van der Waals surface area contributed by atoms with Crippen LogP contribution in [0, 0.1) is 19.8 Å². The number of carbonyl (C=O) groups is 1. The van der Waals surface area contributed by atoms with E-state index < -0.39 is 0 Å². The normalized spacial score (nSPS) is 18.8.